The Balaban J connectivity index is 2.79. The van der Waals surface area contributed by atoms with E-state index < -0.39 is 5.41 Å². The molecule has 23 heavy (non-hydrogen) atoms. The van der Waals surface area contributed by atoms with Crippen LogP contribution in [-0.2, 0) is 5.41 Å². The maximum atomic E-state index is 9.77. The predicted molar refractivity (Wildman–Crippen MR) is 93.0 cm³/mol. The van der Waals surface area contributed by atoms with Crippen LogP contribution in [0.5, 0.6) is 11.5 Å². The first-order valence-corrected chi connectivity index (χ1v) is 6.91. The second kappa shape index (κ2) is 5.51. The molecule has 6 N–H and O–H groups in total. The van der Waals surface area contributed by atoms with Gasteiger partial charge >= 0.3 is 0 Å². The van der Waals surface area contributed by atoms with Gasteiger partial charge in [0.25, 0.3) is 0 Å². The van der Waals surface area contributed by atoms with Gasteiger partial charge in [0.1, 0.15) is 11.5 Å². The van der Waals surface area contributed by atoms with Crippen LogP contribution in [0.3, 0.4) is 0 Å². The average molecular weight is 306 g/mol. The normalized spacial score (nSPS) is 10.8. The second-order valence-electron chi connectivity index (χ2n) is 5.83. The van der Waals surface area contributed by atoms with Crippen molar-refractivity contribution in [3.63, 3.8) is 0 Å². The van der Waals surface area contributed by atoms with Crippen molar-refractivity contribution >= 4 is 11.4 Å². The fourth-order valence-electron chi connectivity index (χ4n) is 2.63. The smallest absolute Gasteiger partial charge is 0.139 e. The molecule has 4 heteroatoms. The van der Waals surface area contributed by atoms with Gasteiger partial charge < -0.3 is 21.7 Å². The van der Waals surface area contributed by atoms with Crippen molar-refractivity contribution in [2.45, 2.75) is 19.3 Å². The summed E-state index contributed by atoms with van der Waals surface area (Å²) in [6, 6.07) is 6.17. The zero-order chi connectivity index (χ0) is 17.4. The minimum absolute atomic E-state index is 0.0695. The number of rotatable bonds is 2. The molecule has 0 radical (unpaired) electrons. The number of hydrogen-bond donors (Lipinski definition) is 4. The fourth-order valence-corrected chi connectivity index (χ4v) is 2.63. The molecule has 0 spiro atoms. The van der Waals surface area contributed by atoms with Crippen LogP contribution in [0.2, 0.25) is 0 Å². The van der Waals surface area contributed by atoms with Gasteiger partial charge in [-0.25, -0.2) is 0 Å². The molecule has 0 saturated carbocycles. The Morgan fingerprint density at radius 3 is 1.48 bits per heavy atom. The molecule has 2 aromatic rings. The summed E-state index contributed by atoms with van der Waals surface area (Å²) in [5.74, 6) is 4.97. The van der Waals surface area contributed by atoms with Crippen molar-refractivity contribution in [3.05, 3.63) is 46.5 Å². The molecular formula is C19H18N2O2. The number of hydrogen-bond acceptors (Lipinski definition) is 4. The maximum Gasteiger partial charge on any atom is 0.139 e. The van der Waals surface area contributed by atoms with E-state index in [-0.39, 0.29) is 22.9 Å². The number of nitrogen functional groups attached to an aromatic ring is 2. The summed E-state index contributed by atoms with van der Waals surface area (Å²) in [5.41, 5.74) is 13.9. The summed E-state index contributed by atoms with van der Waals surface area (Å²) in [7, 11) is 0. The van der Waals surface area contributed by atoms with E-state index in [0.29, 0.717) is 11.1 Å². The maximum absolute atomic E-state index is 9.77. The molecule has 0 saturated heterocycles. The summed E-state index contributed by atoms with van der Waals surface area (Å²) in [4.78, 5) is 0. The molecule has 4 nitrogen and oxygen atoms in total. The zero-order valence-electron chi connectivity index (χ0n) is 13.0. The van der Waals surface area contributed by atoms with E-state index in [9.17, 15) is 10.2 Å². The third kappa shape index (κ3) is 2.63. The number of anilines is 2. The van der Waals surface area contributed by atoms with Gasteiger partial charge in [-0.2, -0.15) is 0 Å². The van der Waals surface area contributed by atoms with Crippen molar-refractivity contribution in [1.29, 1.82) is 0 Å². The SMILES string of the molecule is C#Cc1cc(O)c(N)cc1C(C)(C)c1cc(N)c(O)cc1C#C. The molecule has 0 amide bonds. The monoisotopic (exact) mass is 306 g/mol. The van der Waals surface area contributed by atoms with Crippen molar-refractivity contribution in [1.82, 2.24) is 0 Å². The van der Waals surface area contributed by atoms with Crippen molar-refractivity contribution in [2.75, 3.05) is 11.5 Å². The van der Waals surface area contributed by atoms with Crippen LogP contribution in [0.25, 0.3) is 0 Å². The Labute approximate surface area is 135 Å². The third-order valence-corrected chi connectivity index (χ3v) is 3.99. The Hall–Kier alpha value is -3.24. The van der Waals surface area contributed by atoms with Crippen molar-refractivity contribution in [3.8, 4) is 36.2 Å². The first kappa shape index (κ1) is 16.1. The molecule has 0 atom stereocenters. The van der Waals surface area contributed by atoms with Crippen LogP contribution in [0.15, 0.2) is 24.3 Å². The quantitative estimate of drug-likeness (QED) is 0.390. The van der Waals surface area contributed by atoms with Crippen LogP contribution in [0.1, 0.15) is 36.1 Å². The van der Waals surface area contributed by atoms with Gasteiger partial charge in [-0.15, -0.1) is 12.8 Å². The van der Waals surface area contributed by atoms with Gasteiger partial charge in [-0.1, -0.05) is 25.7 Å². The number of benzene rings is 2. The van der Waals surface area contributed by atoms with Gasteiger partial charge in [0.15, 0.2) is 0 Å². The van der Waals surface area contributed by atoms with Crippen LogP contribution in [0, 0.1) is 24.7 Å². The number of aromatic hydroxyl groups is 2. The Kier molecular flexibility index (Phi) is 3.87. The van der Waals surface area contributed by atoms with Crippen LogP contribution < -0.4 is 11.5 Å². The Morgan fingerprint density at radius 1 is 0.826 bits per heavy atom. The molecule has 0 fully saturated rings. The minimum Gasteiger partial charge on any atom is -0.506 e. The van der Waals surface area contributed by atoms with E-state index in [0.717, 1.165) is 11.1 Å². The molecule has 0 unspecified atom stereocenters. The summed E-state index contributed by atoms with van der Waals surface area (Å²) in [5, 5.41) is 19.5. The van der Waals surface area contributed by atoms with Gasteiger partial charge in [-0.3, -0.25) is 0 Å². The van der Waals surface area contributed by atoms with Gasteiger partial charge in [-0.05, 0) is 35.4 Å². The Morgan fingerprint density at radius 2 is 1.17 bits per heavy atom. The number of phenols is 2. The van der Waals surface area contributed by atoms with E-state index in [2.05, 4.69) is 11.8 Å². The summed E-state index contributed by atoms with van der Waals surface area (Å²) in [6.45, 7) is 3.85. The van der Waals surface area contributed by atoms with Crippen molar-refractivity contribution < 1.29 is 10.2 Å². The molecule has 0 aromatic heterocycles. The van der Waals surface area contributed by atoms with E-state index >= 15 is 0 Å². The highest BCUT2D eigenvalue weighted by Gasteiger charge is 2.29. The summed E-state index contributed by atoms with van der Waals surface area (Å²) < 4.78 is 0. The third-order valence-electron chi connectivity index (χ3n) is 3.99. The molecule has 2 rings (SSSR count). The van der Waals surface area contributed by atoms with Gasteiger partial charge in [0.2, 0.25) is 0 Å². The second-order valence-corrected chi connectivity index (χ2v) is 5.83. The van der Waals surface area contributed by atoms with Crippen LogP contribution in [0.4, 0.5) is 11.4 Å². The highest BCUT2D eigenvalue weighted by atomic mass is 16.3. The molecular weight excluding hydrogens is 288 g/mol. The molecule has 0 aliphatic carbocycles. The molecule has 116 valence electrons. The van der Waals surface area contributed by atoms with Crippen LogP contribution >= 0.6 is 0 Å². The predicted octanol–water partition coefficient (Wildman–Crippen LogP) is 2.55. The largest absolute Gasteiger partial charge is 0.506 e. The van der Waals surface area contributed by atoms with E-state index in [4.69, 9.17) is 24.3 Å². The zero-order valence-corrected chi connectivity index (χ0v) is 13.0. The lowest BCUT2D eigenvalue weighted by Gasteiger charge is -2.29. The highest BCUT2D eigenvalue weighted by Crippen LogP contribution is 2.40. The number of phenolic OH excluding ortho intramolecular Hbond substituents is 2. The topological polar surface area (TPSA) is 92.5 Å². The molecule has 0 aliphatic rings. The van der Waals surface area contributed by atoms with Crippen molar-refractivity contribution in [2.24, 2.45) is 0 Å². The lowest BCUT2D eigenvalue weighted by Crippen LogP contribution is -2.22. The molecule has 0 aliphatic heterocycles. The molecule has 2 aromatic carbocycles. The lowest BCUT2D eigenvalue weighted by atomic mass is 9.74. The van der Waals surface area contributed by atoms with E-state index in [1.165, 1.54) is 12.1 Å². The number of terminal acetylenes is 2. The lowest BCUT2D eigenvalue weighted by molar-refractivity contribution is 0.476. The van der Waals surface area contributed by atoms with E-state index in [1.54, 1.807) is 12.1 Å². The summed E-state index contributed by atoms with van der Waals surface area (Å²) in [6.07, 6.45) is 11.1. The Bertz CT molecular complexity index is 797. The standard InChI is InChI=1S/C19H18N2O2/c1-5-11-7-17(22)15(20)9-13(11)19(3,4)14-10-16(21)18(23)8-12(14)6-2/h1-2,7-10,22-23H,20-21H2,3-4H3. The average Bonchev–Trinajstić information content (AvgIpc) is 2.51. The molecule has 0 bridgehead atoms. The minimum atomic E-state index is -0.632. The van der Waals surface area contributed by atoms with Gasteiger partial charge in [0.05, 0.1) is 11.4 Å². The van der Waals surface area contributed by atoms with E-state index in [1.807, 2.05) is 13.8 Å². The first-order chi connectivity index (χ1) is 10.7. The molecule has 0 heterocycles. The van der Waals surface area contributed by atoms with Crippen LogP contribution in [-0.4, -0.2) is 10.2 Å². The van der Waals surface area contributed by atoms with Gasteiger partial charge in [0, 0.05) is 16.5 Å². The fraction of sp³-hybridized carbons (Fsp3) is 0.158. The summed E-state index contributed by atoms with van der Waals surface area (Å²) >= 11 is 0. The number of nitrogens with two attached hydrogens (primary N) is 2. The first-order valence-electron chi connectivity index (χ1n) is 6.91. The highest BCUT2D eigenvalue weighted by molar-refractivity contribution is 5.66.